The summed E-state index contributed by atoms with van der Waals surface area (Å²) in [5, 5.41) is 11.3. The molecule has 2 rings (SSSR count). The Hall–Kier alpha value is -0.380. The highest BCUT2D eigenvalue weighted by atomic mass is 32.1. The van der Waals surface area contributed by atoms with Crippen LogP contribution >= 0.6 is 11.3 Å². The lowest BCUT2D eigenvalue weighted by Crippen LogP contribution is -2.33. The van der Waals surface area contributed by atoms with E-state index >= 15 is 0 Å². The van der Waals surface area contributed by atoms with E-state index in [1.807, 2.05) is 0 Å². The van der Waals surface area contributed by atoms with E-state index in [-0.39, 0.29) is 0 Å². The van der Waals surface area contributed by atoms with E-state index in [2.05, 4.69) is 27.5 Å². The highest BCUT2D eigenvalue weighted by molar-refractivity contribution is 7.07. The number of thiophene rings is 1. The van der Waals surface area contributed by atoms with Crippen LogP contribution in [0.5, 0.6) is 0 Å². The molecule has 1 aliphatic rings. The first-order valence-corrected chi connectivity index (χ1v) is 6.32. The van der Waals surface area contributed by atoms with Crippen LogP contribution in [0.1, 0.15) is 18.4 Å². The Morgan fingerprint density at radius 2 is 2.29 bits per heavy atom. The van der Waals surface area contributed by atoms with Gasteiger partial charge in [-0.25, -0.2) is 0 Å². The summed E-state index contributed by atoms with van der Waals surface area (Å²) in [6.07, 6.45) is 2.66. The Bertz CT molecular complexity index is 240. The van der Waals surface area contributed by atoms with Crippen molar-refractivity contribution >= 4 is 11.3 Å². The van der Waals surface area contributed by atoms with Gasteiger partial charge < -0.3 is 10.6 Å². The molecule has 0 bridgehead atoms. The smallest absolute Gasteiger partial charge is 0.0213 e. The molecule has 2 N–H and O–H groups in total. The molecule has 3 heteroatoms. The summed E-state index contributed by atoms with van der Waals surface area (Å²) in [6, 6.07) is 2.19. The van der Waals surface area contributed by atoms with Crippen molar-refractivity contribution in [2.24, 2.45) is 5.92 Å². The lowest BCUT2D eigenvalue weighted by molar-refractivity contribution is 0.356. The van der Waals surface area contributed by atoms with E-state index in [9.17, 15) is 0 Å². The molecule has 0 saturated carbocycles. The predicted molar refractivity (Wildman–Crippen MR) is 61.6 cm³/mol. The van der Waals surface area contributed by atoms with Gasteiger partial charge in [0.05, 0.1) is 0 Å². The number of nitrogens with one attached hydrogen (secondary N) is 2. The van der Waals surface area contributed by atoms with Gasteiger partial charge in [-0.15, -0.1) is 0 Å². The van der Waals surface area contributed by atoms with Crippen LogP contribution in [0.15, 0.2) is 16.8 Å². The molecule has 78 valence electrons. The molecule has 1 saturated heterocycles. The average molecular weight is 210 g/mol. The fourth-order valence-electron chi connectivity index (χ4n) is 1.90. The summed E-state index contributed by atoms with van der Waals surface area (Å²) >= 11 is 1.78. The molecule has 1 aromatic heterocycles. The minimum atomic E-state index is 0.884. The van der Waals surface area contributed by atoms with Gasteiger partial charge in [0.25, 0.3) is 0 Å². The molecule has 1 aliphatic heterocycles. The second-order valence-electron chi connectivity index (χ2n) is 3.96. The molecule has 0 spiro atoms. The quantitative estimate of drug-likeness (QED) is 0.792. The third-order valence-corrected chi connectivity index (χ3v) is 3.53. The summed E-state index contributed by atoms with van der Waals surface area (Å²) in [4.78, 5) is 0. The largest absolute Gasteiger partial charge is 0.317 e. The predicted octanol–water partition coefficient (Wildman–Crippen LogP) is 1.84. The number of piperidine rings is 1. The SMILES string of the molecule is c1cc(CNCC2CCNCC2)cs1. The zero-order chi connectivity index (χ0) is 9.64. The molecular formula is C11H18N2S. The molecule has 0 amide bonds. The maximum atomic E-state index is 3.54. The number of hydrogen-bond donors (Lipinski definition) is 2. The van der Waals surface area contributed by atoms with E-state index in [1.165, 1.54) is 38.0 Å². The van der Waals surface area contributed by atoms with Gasteiger partial charge >= 0.3 is 0 Å². The third-order valence-electron chi connectivity index (χ3n) is 2.80. The molecule has 0 atom stereocenters. The first kappa shape index (κ1) is 10.1. The van der Waals surface area contributed by atoms with Gasteiger partial charge in [0.2, 0.25) is 0 Å². The van der Waals surface area contributed by atoms with E-state index in [0.29, 0.717) is 0 Å². The van der Waals surface area contributed by atoms with Gasteiger partial charge in [0, 0.05) is 6.54 Å². The Morgan fingerprint density at radius 1 is 1.43 bits per heavy atom. The van der Waals surface area contributed by atoms with E-state index in [1.54, 1.807) is 11.3 Å². The van der Waals surface area contributed by atoms with Gasteiger partial charge in [0.1, 0.15) is 0 Å². The first-order chi connectivity index (χ1) is 6.95. The normalized spacial score (nSPS) is 18.6. The monoisotopic (exact) mass is 210 g/mol. The average Bonchev–Trinajstić information content (AvgIpc) is 2.72. The number of rotatable bonds is 4. The third kappa shape index (κ3) is 3.08. The van der Waals surface area contributed by atoms with Crippen LogP contribution in [0.3, 0.4) is 0 Å². The summed E-state index contributed by atoms with van der Waals surface area (Å²) in [6.45, 7) is 4.61. The minimum Gasteiger partial charge on any atom is -0.317 e. The van der Waals surface area contributed by atoms with Crippen molar-refractivity contribution in [3.05, 3.63) is 22.4 Å². The highest BCUT2D eigenvalue weighted by Crippen LogP contribution is 2.10. The molecule has 0 radical (unpaired) electrons. The van der Waals surface area contributed by atoms with Gasteiger partial charge in [-0.1, -0.05) is 0 Å². The Balaban J connectivity index is 1.62. The zero-order valence-corrected chi connectivity index (χ0v) is 9.28. The molecular weight excluding hydrogens is 192 g/mol. The van der Waals surface area contributed by atoms with Crippen LogP contribution in [0, 0.1) is 5.92 Å². The minimum absolute atomic E-state index is 0.884. The fraction of sp³-hybridized carbons (Fsp3) is 0.636. The van der Waals surface area contributed by atoms with E-state index < -0.39 is 0 Å². The Morgan fingerprint density at radius 3 is 3.00 bits per heavy atom. The van der Waals surface area contributed by atoms with Gasteiger partial charge in [-0.3, -0.25) is 0 Å². The highest BCUT2D eigenvalue weighted by Gasteiger charge is 2.11. The Labute approximate surface area is 89.7 Å². The standard InChI is InChI=1S/C11H18N2S/c1-4-12-5-2-10(1)7-13-8-11-3-6-14-9-11/h3,6,9-10,12-13H,1-2,4-5,7-8H2. The molecule has 0 aliphatic carbocycles. The summed E-state index contributed by atoms with van der Waals surface area (Å²) in [7, 11) is 0. The zero-order valence-electron chi connectivity index (χ0n) is 8.46. The number of hydrogen-bond acceptors (Lipinski definition) is 3. The summed E-state index contributed by atoms with van der Waals surface area (Å²) in [5.74, 6) is 0.884. The van der Waals surface area contributed by atoms with Crippen LogP contribution in [0.2, 0.25) is 0 Å². The molecule has 1 aromatic rings. The Kier molecular flexibility index (Phi) is 3.98. The van der Waals surface area contributed by atoms with Gasteiger partial charge in [0.15, 0.2) is 0 Å². The van der Waals surface area contributed by atoms with Crippen LogP contribution < -0.4 is 10.6 Å². The molecule has 2 heterocycles. The van der Waals surface area contributed by atoms with Crippen LogP contribution in [-0.2, 0) is 6.54 Å². The van der Waals surface area contributed by atoms with Crippen LogP contribution in [-0.4, -0.2) is 19.6 Å². The molecule has 1 fully saturated rings. The summed E-state index contributed by atoms with van der Waals surface area (Å²) in [5.41, 5.74) is 1.42. The van der Waals surface area contributed by atoms with Crippen molar-refractivity contribution in [1.29, 1.82) is 0 Å². The fourth-order valence-corrected chi connectivity index (χ4v) is 2.57. The van der Waals surface area contributed by atoms with Gasteiger partial charge in [-0.2, -0.15) is 11.3 Å². The molecule has 0 aromatic carbocycles. The van der Waals surface area contributed by atoms with Gasteiger partial charge in [-0.05, 0) is 60.8 Å². The summed E-state index contributed by atoms with van der Waals surface area (Å²) < 4.78 is 0. The second kappa shape index (κ2) is 5.49. The van der Waals surface area contributed by atoms with Crippen molar-refractivity contribution in [2.75, 3.05) is 19.6 Å². The molecule has 14 heavy (non-hydrogen) atoms. The first-order valence-electron chi connectivity index (χ1n) is 5.37. The van der Waals surface area contributed by atoms with Crippen LogP contribution in [0.4, 0.5) is 0 Å². The van der Waals surface area contributed by atoms with Crippen molar-refractivity contribution in [2.45, 2.75) is 19.4 Å². The van der Waals surface area contributed by atoms with Crippen molar-refractivity contribution < 1.29 is 0 Å². The van der Waals surface area contributed by atoms with Crippen LogP contribution in [0.25, 0.3) is 0 Å². The lowest BCUT2D eigenvalue weighted by atomic mass is 9.98. The maximum absolute atomic E-state index is 3.54. The van der Waals surface area contributed by atoms with Crippen molar-refractivity contribution in [3.63, 3.8) is 0 Å². The van der Waals surface area contributed by atoms with Crippen molar-refractivity contribution in [3.8, 4) is 0 Å². The molecule has 2 nitrogen and oxygen atoms in total. The lowest BCUT2D eigenvalue weighted by Gasteiger charge is -2.22. The second-order valence-corrected chi connectivity index (χ2v) is 4.74. The van der Waals surface area contributed by atoms with E-state index in [4.69, 9.17) is 0 Å². The topological polar surface area (TPSA) is 24.1 Å². The maximum Gasteiger partial charge on any atom is 0.0213 e. The molecule has 0 unspecified atom stereocenters. The van der Waals surface area contributed by atoms with E-state index in [0.717, 1.165) is 12.5 Å². The van der Waals surface area contributed by atoms with Crippen molar-refractivity contribution in [1.82, 2.24) is 10.6 Å².